The third-order valence-electron chi connectivity index (χ3n) is 2.89. The summed E-state index contributed by atoms with van der Waals surface area (Å²) in [6, 6.07) is 13.5. The summed E-state index contributed by atoms with van der Waals surface area (Å²) < 4.78 is 5.35. The van der Waals surface area contributed by atoms with Crippen molar-refractivity contribution in [2.24, 2.45) is 0 Å². The molecule has 0 heterocycles. The van der Waals surface area contributed by atoms with Crippen molar-refractivity contribution >= 4 is 16.7 Å². The van der Waals surface area contributed by atoms with E-state index >= 15 is 0 Å². The molecular formula is C15H17NaO2. The Morgan fingerprint density at radius 2 is 1.89 bits per heavy atom. The van der Waals surface area contributed by atoms with E-state index < -0.39 is 0 Å². The third-order valence-corrected chi connectivity index (χ3v) is 2.89. The standard InChI is InChI=1S/C15H16O2.Na.H/c1-3-11(2)17-15(16)14-10-6-8-12-7-4-5-9-13(12)14;;/h4-11H,3H2,1-2H3;;/q;+1;-1. The quantitative estimate of drug-likeness (QED) is 0.599. The van der Waals surface area contributed by atoms with Gasteiger partial charge in [0.2, 0.25) is 0 Å². The zero-order valence-electron chi connectivity index (χ0n) is 12.1. The Hall–Kier alpha value is -0.830. The van der Waals surface area contributed by atoms with E-state index in [1.165, 1.54) is 0 Å². The third kappa shape index (κ3) is 3.35. The number of esters is 1. The summed E-state index contributed by atoms with van der Waals surface area (Å²) in [5.74, 6) is -0.240. The molecule has 2 aromatic carbocycles. The fourth-order valence-corrected chi connectivity index (χ4v) is 1.73. The van der Waals surface area contributed by atoms with Gasteiger partial charge in [0.25, 0.3) is 0 Å². The first-order valence-electron chi connectivity index (χ1n) is 5.91. The van der Waals surface area contributed by atoms with E-state index in [4.69, 9.17) is 4.74 Å². The minimum atomic E-state index is -0.240. The Morgan fingerprint density at radius 1 is 1.22 bits per heavy atom. The van der Waals surface area contributed by atoms with Crippen LogP contribution in [0.5, 0.6) is 0 Å². The molecule has 0 aliphatic carbocycles. The van der Waals surface area contributed by atoms with E-state index in [9.17, 15) is 4.79 Å². The normalized spacial score (nSPS) is 11.7. The summed E-state index contributed by atoms with van der Waals surface area (Å²) in [4.78, 5) is 12.0. The van der Waals surface area contributed by atoms with Crippen LogP contribution >= 0.6 is 0 Å². The number of carbonyl (C=O) groups excluding carboxylic acids is 1. The molecule has 3 heteroatoms. The Labute approximate surface area is 131 Å². The van der Waals surface area contributed by atoms with Gasteiger partial charge in [-0.05, 0) is 30.2 Å². The largest absolute Gasteiger partial charge is 1.00 e. The molecule has 0 saturated heterocycles. The molecule has 0 aliphatic heterocycles. The van der Waals surface area contributed by atoms with Crippen LogP contribution in [0.3, 0.4) is 0 Å². The Balaban J connectivity index is 0.00000162. The fourth-order valence-electron chi connectivity index (χ4n) is 1.73. The number of rotatable bonds is 3. The molecule has 18 heavy (non-hydrogen) atoms. The monoisotopic (exact) mass is 252 g/mol. The van der Waals surface area contributed by atoms with E-state index in [0.717, 1.165) is 17.2 Å². The van der Waals surface area contributed by atoms with Crippen molar-refractivity contribution in [1.29, 1.82) is 0 Å². The van der Waals surface area contributed by atoms with Gasteiger partial charge in [-0.25, -0.2) is 4.79 Å². The first kappa shape index (κ1) is 15.2. The number of carbonyl (C=O) groups is 1. The molecule has 0 aliphatic rings. The molecule has 0 spiro atoms. The Kier molecular flexibility index (Phi) is 5.86. The fraction of sp³-hybridized carbons (Fsp3) is 0.267. The minimum absolute atomic E-state index is 0. The van der Waals surface area contributed by atoms with Crippen LogP contribution in [0.15, 0.2) is 42.5 Å². The maximum absolute atomic E-state index is 12.0. The molecule has 2 rings (SSSR count). The molecule has 0 bridgehead atoms. The summed E-state index contributed by atoms with van der Waals surface area (Å²) in [6.45, 7) is 3.91. The number of benzene rings is 2. The minimum Gasteiger partial charge on any atom is -1.00 e. The predicted octanol–water partition coefficient (Wildman–Crippen LogP) is 0.912. The van der Waals surface area contributed by atoms with Crippen LogP contribution in [-0.2, 0) is 4.74 Å². The molecule has 0 amide bonds. The van der Waals surface area contributed by atoms with Crippen molar-refractivity contribution in [3.63, 3.8) is 0 Å². The van der Waals surface area contributed by atoms with Crippen molar-refractivity contribution in [3.05, 3.63) is 48.0 Å². The van der Waals surface area contributed by atoms with Crippen LogP contribution in [-0.4, -0.2) is 12.1 Å². The van der Waals surface area contributed by atoms with Gasteiger partial charge in [0, 0.05) is 0 Å². The SMILES string of the molecule is CCC(C)OC(=O)c1cccc2ccccc12.[H-].[Na+]. The van der Waals surface area contributed by atoms with Crippen molar-refractivity contribution in [2.75, 3.05) is 0 Å². The van der Waals surface area contributed by atoms with Gasteiger partial charge in [-0.15, -0.1) is 0 Å². The molecule has 0 radical (unpaired) electrons. The Bertz CT molecular complexity index is 537. The van der Waals surface area contributed by atoms with E-state index in [0.29, 0.717) is 5.56 Å². The smallest absolute Gasteiger partial charge is 1.00 e. The topological polar surface area (TPSA) is 26.3 Å². The molecule has 1 unspecified atom stereocenters. The molecule has 0 aromatic heterocycles. The second-order valence-electron chi connectivity index (χ2n) is 4.15. The number of ether oxygens (including phenoxy) is 1. The van der Waals surface area contributed by atoms with Gasteiger partial charge in [0.15, 0.2) is 0 Å². The van der Waals surface area contributed by atoms with Crippen molar-refractivity contribution in [2.45, 2.75) is 26.4 Å². The maximum atomic E-state index is 12.0. The molecule has 0 saturated carbocycles. The number of hydrogen-bond acceptors (Lipinski definition) is 2. The van der Waals surface area contributed by atoms with Gasteiger partial charge in [0.1, 0.15) is 0 Å². The van der Waals surface area contributed by atoms with Gasteiger partial charge in [-0.3, -0.25) is 0 Å². The molecule has 0 fully saturated rings. The van der Waals surface area contributed by atoms with Crippen molar-refractivity contribution in [1.82, 2.24) is 0 Å². The van der Waals surface area contributed by atoms with Crippen molar-refractivity contribution < 1.29 is 40.5 Å². The molecule has 0 N–H and O–H groups in total. The number of fused-ring (bicyclic) bond motifs is 1. The molecule has 2 aromatic rings. The van der Waals surface area contributed by atoms with Gasteiger partial charge >= 0.3 is 35.5 Å². The first-order valence-corrected chi connectivity index (χ1v) is 5.91. The maximum Gasteiger partial charge on any atom is 1.00 e. The molecular weight excluding hydrogens is 235 g/mol. The average molecular weight is 252 g/mol. The van der Waals surface area contributed by atoms with Crippen LogP contribution in [0, 0.1) is 0 Å². The second kappa shape index (κ2) is 6.93. The van der Waals surface area contributed by atoms with Crippen LogP contribution in [0.25, 0.3) is 10.8 Å². The molecule has 2 nitrogen and oxygen atoms in total. The summed E-state index contributed by atoms with van der Waals surface area (Å²) >= 11 is 0. The second-order valence-corrected chi connectivity index (χ2v) is 4.15. The molecule has 1 atom stereocenters. The van der Waals surface area contributed by atoms with Crippen LogP contribution in [0.1, 0.15) is 32.1 Å². The van der Waals surface area contributed by atoms with Gasteiger partial charge in [-0.2, -0.15) is 0 Å². The molecule has 90 valence electrons. The van der Waals surface area contributed by atoms with E-state index in [2.05, 4.69) is 0 Å². The summed E-state index contributed by atoms with van der Waals surface area (Å²) in [5, 5.41) is 2.01. The zero-order valence-corrected chi connectivity index (χ0v) is 13.1. The van der Waals surface area contributed by atoms with Crippen LogP contribution in [0.2, 0.25) is 0 Å². The average Bonchev–Trinajstić information content (AvgIpc) is 2.37. The van der Waals surface area contributed by atoms with E-state index in [1.807, 2.05) is 56.3 Å². The summed E-state index contributed by atoms with van der Waals surface area (Å²) in [5.41, 5.74) is 0.642. The summed E-state index contributed by atoms with van der Waals surface area (Å²) in [6.07, 6.45) is 0.790. The Morgan fingerprint density at radius 3 is 2.61 bits per heavy atom. The number of hydrogen-bond donors (Lipinski definition) is 0. The van der Waals surface area contributed by atoms with Crippen molar-refractivity contribution in [3.8, 4) is 0 Å². The van der Waals surface area contributed by atoms with Crippen LogP contribution in [0.4, 0.5) is 0 Å². The van der Waals surface area contributed by atoms with Gasteiger partial charge in [-0.1, -0.05) is 43.3 Å². The van der Waals surface area contributed by atoms with Gasteiger partial charge in [0.05, 0.1) is 11.7 Å². The summed E-state index contributed by atoms with van der Waals surface area (Å²) in [7, 11) is 0. The first-order chi connectivity index (χ1) is 8.22. The van der Waals surface area contributed by atoms with E-state index in [-0.39, 0.29) is 43.1 Å². The predicted molar refractivity (Wildman–Crippen MR) is 70.2 cm³/mol. The van der Waals surface area contributed by atoms with Gasteiger partial charge < -0.3 is 6.16 Å². The van der Waals surface area contributed by atoms with Crippen LogP contribution < -0.4 is 29.6 Å². The van der Waals surface area contributed by atoms with E-state index in [1.54, 1.807) is 0 Å². The zero-order chi connectivity index (χ0) is 12.3.